The molecule has 2 aromatic heterocycles. The topological polar surface area (TPSA) is 81.1 Å². The van der Waals surface area contributed by atoms with Gasteiger partial charge in [-0.2, -0.15) is 9.78 Å². The maximum Gasteiger partial charge on any atom is 0.272 e. The van der Waals surface area contributed by atoms with Gasteiger partial charge in [0.1, 0.15) is 17.2 Å². The van der Waals surface area contributed by atoms with Crippen LogP contribution in [0.1, 0.15) is 39.4 Å². The number of nitrogens with one attached hydrogen (secondary N) is 1. The average Bonchev–Trinajstić information content (AvgIpc) is 3.29. The van der Waals surface area contributed by atoms with Gasteiger partial charge in [0, 0.05) is 16.5 Å². The number of hydrogen-bond acceptors (Lipinski definition) is 5. The number of rotatable bonds is 6. The smallest absolute Gasteiger partial charge is 0.272 e. The van der Waals surface area contributed by atoms with Gasteiger partial charge in [-0.1, -0.05) is 30.3 Å². The number of amides is 1. The third kappa shape index (κ3) is 4.26. The number of carbonyl (C=O) groups excluding carboxylic acids is 2. The van der Waals surface area contributed by atoms with Crippen molar-refractivity contribution in [1.29, 1.82) is 0 Å². The third-order valence-corrected chi connectivity index (χ3v) is 5.91. The van der Waals surface area contributed by atoms with E-state index in [1.807, 2.05) is 36.6 Å². The van der Waals surface area contributed by atoms with Gasteiger partial charge in [0.15, 0.2) is 6.29 Å². The number of nitrogens with zero attached hydrogens (tertiary/aromatic N) is 2. The first-order valence-corrected chi connectivity index (χ1v) is 10.6. The van der Waals surface area contributed by atoms with Crippen molar-refractivity contribution in [3.63, 3.8) is 0 Å². The Morgan fingerprint density at radius 3 is 2.72 bits per heavy atom. The Hall–Kier alpha value is -3.91. The van der Waals surface area contributed by atoms with Gasteiger partial charge in [-0.15, -0.1) is 11.3 Å². The quantitative estimate of drug-likeness (QED) is 0.444. The molecule has 2 aromatic carbocycles. The summed E-state index contributed by atoms with van der Waals surface area (Å²) in [6, 6.07) is 17.1. The summed E-state index contributed by atoms with van der Waals surface area (Å²) in [4.78, 5) is 37.1. The van der Waals surface area contributed by atoms with E-state index in [1.165, 1.54) is 41.7 Å². The number of carbonyl (C=O) groups is 2. The molecule has 1 atom stereocenters. The first-order chi connectivity index (χ1) is 15.5. The van der Waals surface area contributed by atoms with E-state index in [9.17, 15) is 18.8 Å². The van der Waals surface area contributed by atoms with Crippen molar-refractivity contribution in [1.82, 2.24) is 15.1 Å². The minimum Gasteiger partial charge on any atom is -0.344 e. The Morgan fingerprint density at radius 1 is 1.12 bits per heavy atom. The summed E-state index contributed by atoms with van der Waals surface area (Å²) in [5, 5.41) is 8.75. The molecule has 1 N–H and O–H groups in total. The molecule has 0 bridgehead atoms. The van der Waals surface area contributed by atoms with Gasteiger partial charge in [-0.05, 0) is 53.8 Å². The molecular formula is C24H18FN3O3S. The largest absolute Gasteiger partial charge is 0.344 e. The van der Waals surface area contributed by atoms with E-state index in [0.29, 0.717) is 5.56 Å². The standard InChI is InChI=1S/C24H18FN3O3S/c1-15(16-5-4-6-17(13-16)23-18(14-29)11-12-32-23)26-24(31)20-9-10-22(30)28(27-20)21-8-3-2-7-19(21)25/h2-15H,1H3,(H,26,31)/t15-/m1/s1. The van der Waals surface area contributed by atoms with E-state index < -0.39 is 17.3 Å². The van der Waals surface area contributed by atoms with Gasteiger partial charge in [0.05, 0.1) is 6.04 Å². The van der Waals surface area contributed by atoms with E-state index in [-0.39, 0.29) is 17.4 Å². The fourth-order valence-electron chi connectivity index (χ4n) is 3.28. The molecular weight excluding hydrogens is 429 g/mol. The Balaban J connectivity index is 1.58. The third-order valence-electron chi connectivity index (χ3n) is 4.93. The van der Waals surface area contributed by atoms with E-state index in [0.717, 1.165) is 27.0 Å². The highest BCUT2D eigenvalue weighted by Gasteiger charge is 2.16. The molecule has 1 amide bonds. The van der Waals surface area contributed by atoms with Crippen molar-refractivity contribution in [2.24, 2.45) is 0 Å². The van der Waals surface area contributed by atoms with Crippen LogP contribution in [0.2, 0.25) is 0 Å². The highest BCUT2D eigenvalue weighted by Crippen LogP contribution is 2.30. The molecule has 0 radical (unpaired) electrons. The Labute approximate surface area is 187 Å². The number of aromatic nitrogens is 2. The molecule has 2 heterocycles. The maximum atomic E-state index is 14.1. The number of hydrogen-bond donors (Lipinski definition) is 1. The summed E-state index contributed by atoms with van der Waals surface area (Å²) in [5.41, 5.74) is 1.74. The summed E-state index contributed by atoms with van der Waals surface area (Å²) in [5.74, 6) is -1.12. The second-order valence-electron chi connectivity index (χ2n) is 7.06. The van der Waals surface area contributed by atoms with Crippen LogP contribution < -0.4 is 10.9 Å². The highest BCUT2D eigenvalue weighted by atomic mass is 32.1. The lowest BCUT2D eigenvalue weighted by Crippen LogP contribution is -2.31. The predicted octanol–water partition coefficient (Wildman–Crippen LogP) is 4.40. The average molecular weight is 447 g/mol. The lowest BCUT2D eigenvalue weighted by molar-refractivity contribution is 0.0932. The minimum atomic E-state index is -0.617. The molecule has 0 aliphatic heterocycles. The van der Waals surface area contributed by atoms with E-state index >= 15 is 0 Å². The molecule has 0 fully saturated rings. The van der Waals surface area contributed by atoms with Crippen molar-refractivity contribution < 1.29 is 14.0 Å². The normalized spacial score (nSPS) is 11.7. The van der Waals surface area contributed by atoms with Crippen LogP contribution in [0.3, 0.4) is 0 Å². The fraction of sp³-hybridized carbons (Fsp3) is 0.0833. The lowest BCUT2D eigenvalue weighted by Gasteiger charge is -2.15. The van der Waals surface area contributed by atoms with Crippen molar-refractivity contribution in [2.75, 3.05) is 0 Å². The van der Waals surface area contributed by atoms with Crippen LogP contribution in [0.25, 0.3) is 16.1 Å². The lowest BCUT2D eigenvalue weighted by atomic mass is 10.0. The zero-order valence-corrected chi connectivity index (χ0v) is 17.8. The monoisotopic (exact) mass is 447 g/mol. The van der Waals surface area contributed by atoms with Crippen molar-refractivity contribution in [3.8, 4) is 16.1 Å². The zero-order chi connectivity index (χ0) is 22.7. The summed E-state index contributed by atoms with van der Waals surface area (Å²) in [6.07, 6.45) is 0.819. The molecule has 6 nitrogen and oxygen atoms in total. The Bertz CT molecular complexity index is 1360. The second kappa shape index (κ2) is 9.07. The van der Waals surface area contributed by atoms with Gasteiger partial charge in [0.2, 0.25) is 0 Å². The van der Waals surface area contributed by atoms with Gasteiger partial charge >= 0.3 is 0 Å². The summed E-state index contributed by atoms with van der Waals surface area (Å²) in [7, 11) is 0. The van der Waals surface area contributed by atoms with Gasteiger partial charge < -0.3 is 5.32 Å². The number of halogens is 1. The van der Waals surface area contributed by atoms with Crippen LogP contribution in [0.5, 0.6) is 0 Å². The fourth-order valence-corrected chi connectivity index (χ4v) is 4.14. The van der Waals surface area contributed by atoms with Crippen LogP contribution >= 0.6 is 11.3 Å². The number of benzene rings is 2. The Morgan fingerprint density at radius 2 is 1.94 bits per heavy atom. The molecule has 0 unspecified atom stereocenters. The molecule has 0 spiro atoms. The highest BCUT2D eigenvalue weighted by molar-refractivity contribution is 7.14. The first kappa shape index (κ1) is 21.3. The first-order valence-electron chi connectivity index (χ1n) is 9.77. The molecule has 4 aromatic rings. The molecule has 0 aliphatic rings. The summed E-state index contributed by atoms with van der Waals surface area (Å²) < 4.78 is 15.0. The molecule has 0 saturated carbocycles. The van der Waals surface area contributed by atoms with E-state index in [4.69, 9.17) is 0 Å². The van der Waals surface area contributed by atoms with Crippen molar-refractivity contribution in [2.45, 2.75) is 13.0 Å². The molecule has 0 saturated heterocycles. The summed E-state index contributed by atoms with van der Waals surface area (Å²) >= 11 is 1.47. The Kier molecular flexibility index (Phi) is 6.04. The minimum absolute atomic E-state index is 0.0163. The second-order valence-corrected chi connectivity index (χ2v) is 7.98. The van der Waals surface area contributed by atoms with Crippen LogP contribution in [-0.4, -0.2) is 22.0 Å². The van der Waals surface area contributed by atoms with E-state index in [2.05, 4.69) is 10.4 Å². The van der Waals surface area contributed by atoms with Crippen LogP contribution in [-0.2, 0) is 0 Å². The predicted molar refractivity (Wildman–Crippen MR) is 121 cm³/mol. The van der Waals surface area contributed by atoms with Crippen molar-refractivity contribution in [3.05, 3.63) is 105 Å². The van der Waals surface area contributed by atoms with Gasteiger partial charge in [-0.3, -0.25) is 14.4 Å². The van der Waals surface area contributed by atoms with E-state index in [1.54, 1.807) is 12.1 Å². The molecule has 8 heteroatoms. The van der Waals surface area contributed by atoms with Crippen LogP contribution in [0.4, 0.5) is 4.39 Å². The summed E-state index contributed by atoms with van der Waals surface area (Å²) in [6.45, 7) is 1.82. The molecule has 160 valence electrons. The number of aldehydes is 1. The zero-order valence-electron chi connectivity index (χ0n) is 17.0. The van der Waals surface area contributed by atoms with Crippen molar-refractivity contribution >= 4 is 23.5 Å². The van der Waals surface area contributed by atoms with Crippen LogP contribution in [0, 0.1) is 5.82 Å². The maximum absolute atomic E-state index is 14.1. The van der Waals surface area contributed by atoms with Gasteiger partial charge in [-0.25, -0.2) is 4.39 Å². The SMILES string of the molecule is C[C@@H](NC(=O)c1ccc(=O)n(-c2ccccc2F)n1)c1cccc(-c2sccc2C=O)c1. The van der Waals surface area contributed by atoms with Gasteiger partial charge in [0.25, 0.3) is 11.5 Å². The van der Waals surface area contributed by atoms with Crippen LogP contribution in [0.15, 0.2) is 76.9 Å². The number of para-hydroxylation sites is 1. The number of thiophene rings is 1. The molecule has 0 aliphatic carbocycles. The molecule has 4 rings (SSSR count). The molecule has 32 heavy (non-hydrogen) atoms.